The monoisotopic (exact) mass is 228 g/mol. The van der Waals surface area contributed by atoms with Crippen molar-refractivity contribution in [1.29, 1.82) is 0 Å². The molecule has 0 aromatic carbocycles. The number of nitrogens with two attached hydrogens (primary N) is 1. The Bertz CT molecular complexity index is 214. The van der Waals surface area contributed by atoms with Gasteiger partial charge in [0.2, 0.25) is 0 Å². The molecule has 5 heteroatoms. The molecular weight excluding hydrogens is 204 g/mol. The van der Waals surface area contributed by atoms with Crippen LogP contribution < -0.4 is 11.1 Å². The van der Waals surface area contributed by atoms with Crippen molar-refractivity contribution in [3.05, 3.63) is 0 Å². The average Bonchev–Trinajstić information content (AvgIpc) is 2.76. The van der Waals surface area contributed by atoms with Crippen LogP contribution in [-0.4, -0.2) is 48.2 Å². The predicted molar refractivity (Wildman–Crippen MR) is 65.8 cm³/mol. The number of hydrogen-bond acceptors (Lipinski definition) is 4. The van der Waals surface area contributed by atoms with E-state index < -0.39 is 0 Å². The fourth-order valence-electron chi connectivity index (χ4n) is 2.09. The molecule has 0 aromatic heterocycles. The van der Waals surface area contributed by atoms with E-state index in [9.17, 15) is 0 Å². The van der Waals surface area contributed by atoms with Crippen molar-refractivity contribution in [2.24, 2.45) is 10.9 Å². The molecule has 1 heterocycles. The van der Waals surface area contributed by atoms with Gasteiger partial charge in [0.05, 0.1) is 0 Å². The molecule has 1 aliphatic heterocycles. The quantitative estimate of drug-likeness (QED) is 0.196. The summed E-state index contributed by atoms with van der Waals surface area (Å²) in [5.74, 6) is 0.314. The van der Waals surface area contributed by atoms with Crippen LogP contribution in [0.1, 0.15) is 32.6 Å². The largest absolute Gasteiger partial charge is 0.409 e. The van der Waals surface area contributed by atoms with Crippen molar-refractivity contribution < 1.29 is 5.21 Å². The molecule has 1 saturated heterocycles. The van der Waals surface area contributed by atoms with Crippen LogP contribution in [-0.2, 0) is 0 Å². The summed E-state index contributed by atoms with van der Waals surface area (Å²) in [6.07, 6.45) is 4.26. The first-order chi connectivity index (χ1) is 7.72. The summed E-state index contributed by atoms with van der Waals surface area (Å²) >= 11 is 0. The van der Waals surface area contributed by atoms with Crippen LogP contribution >= 0.6 is 0 Å². The van der Waals surface area contributed by atoms with Crippen LogP contribution in [0.15, 0.2) is 5.16 Å². The lowest BCUT2D eigenvalue weighted by Crippen LogP contribution is -2.38. The highest BCUT2D eigenvalue weighted by Gasteiger charge is 2.13. The van der Waals surface area contributed by atoms with Crippen molar-refractivity contribution in [3.63, 3.8) is 0 Å². The summed E-state index contributed by atoms with van der Waals surface area (Å²) in [5, 5.41) is 14.8. The van der Waals surface area contributed by atoms with Gasteiger partial charge in [-0.1, -0.05) is 5.16 Å². The van der Waals surface area contributed by atoms with Crippen LogP contribution in [0.5, 0.6) is 0 Å². The summed E-state index contributed by atoms with van der Waals surface area (Å²) < 4.78 is 0. The molecule has 4 N–H and O–H groups in total. The minimum Gasteiger partial charge on any atom is -0.409 e. The third-order valence-electron chi connectivity index (χ3n) is 2.96. The first-order valence-electron chi connectivity index (χ1n) is 6.14. The van der Waals surface area contributed by atoms with Crippen molar-refractivity contribution in [1.82, 2.24) is 10.2 Å². The van der Waals surface area contributed by atoms with Gasteiger partial charge in [0, 0.05) is 19.0 Å². The van der Waals surface area contributed by atoms with Crippen molar-refractivity contribution >= 4 is 5.84 Å². The summed E-state index contributed by atoms with van der Waals surface area (Å²) in [5.41, 5.74) is 5.39. The molecule has 0 amide bonds. The highest BCUT2D eigenvalue weighted by Crippen LogP contribution is 2.07. The average molecular weight is 228 g/mol. The van der Waals surface area contributed by atoms with Crippen LogP contribution in [0, 0.1) is 0 Å². The van der Waals surface area contributed by atoms with Crippen LogP contribution in [0.2, 0.25) is 0 Å². The second kappa shape index (κ2) is 7.46. The summed E-state index contributed by atoms with van der Waals surface area (Å²) in [7, 11) is 0. The van der Waals surface area contributed by atoms with E-state index in [0.29, 0.717) is 18.3 Å². The number of amidine groups is 1. The molecule has 1 rings (SSSR count). The molecule has 0 aromatic rings. The lowest BCUT2D eigenvalue weighted by atomic mass is 10.2. The molecule has 5 nitrogen and oxygen atoms in total. The molecule has 0 radical (unpaired) electrons. The van der Waals surface area contributed by atoms with Crippen molar-refractivity contribution in [2.75, 3.05) is 26.2 Å². The van der Waals surface area contributed by atoms with Gasteiger partial charge >= 0.3 is 0 Å². The third-order valence-corrected chi connectivity index (χ3v) is 2.96. The van der Waals surface area contributed by atoms with E-state index in [0.717, 1.165) is 19.5 Å². The zero-order valence-corrected chi connectivity index (χ0v) is 10.2. The van der Waals surface area contributed by atoms with E-state index in [1.54, 1.807) is 0 Å². The minimum atomic E-state index is 0.314. The van der Waals surface area contributed by atoms with Gasteiger partial charge in [0.1, 0.15) is 5.84 Å². The van der Waals surface area contributed by atoms with Gasteiger partial charge < -0.3 is 21.2 Å². The predicted octanol–water partition coefficient (Wildman–Crippen LogP) is 0.587. The third kappa shape index (κ3) is 5.32. The maximum atomic E-state index is 8.37. The molecule has 1 atom stereocenters. The Morgan fingerprint density at radius 3 is 2.81 bits per heavy atom. The molecule has 16 heavy (non-hydrogen) atoms. The Hall–Kier alpha value is -0.810. The molecule has 1 aliphatic rings. The van der Waals surface area contributed by atoms with Gasteiger partial charge in [-0.15, -0.1) is 0 Å². The molecule has 0 spiro atoms. The molecule has 94 valence electrons. The number of nitrogens with one attached hydrogen (secondary N) is 1. The lowest BCUT2D eigenvalue weighted by molar-refractivity contribution is 0.298. The Balaban J connectivity index is 1.99. The van der Waals surface area contributed by atoms with Gasteiger partial charge in [-0.25, -0.2) is 0 Å². The number of oxime groups is 1. The van der Waals surface area contributed by atoms with Gasteiger partial charge in [-0.05, 0) is 45.8 Å². The Morgan fingerprint density at radius 1 is 1.50 bits per heavy atom. The standard InChI is InChI=1S/C11H24N4O/c1-10(9-15-7-2-3-8-15)13-6-4-5-11(12)14-16/h10,13,16H,2-9H2,1H3,(H2,12,14). The van der Waals surface area contributed by atoms with E-state index >= 15 is 0 Å². The van der Waals surface area contributed by atoms with Gasteiger partial charge in [-0.2, -0.15) is 0 Å². The van der Waals surface area contributed by atoms with E-state index in [2.05, 4.69) is 22.3 Å². The smallest absolute Gasteiger partial charge is 0.139 e. The van der Waals surface area contributed by atoms with E-state index in [-0.39, 0.29) is 0 Å². The number of rotatable bonds is 7. The Labute approximate surface area is 97.7 Å². The molecular formula is C11H24N4O. The fraction of sp³-hybridized carbons (Fsp3) is 0.909. The molecule has 1 fully saturated rings. The molecule has 0 bridgehead atoms. The molecule has 1 unspecified atom stereocenters. The number of nitrogens with zero attached hydrogens (tertiary/aromatic N) is 2. The van der Waals surface area contributed by atoms with Gasteiger partial charge in [-0.3, -0.25) is 0 Å². The first kappa shape index (κ1) is 13.3. The van der Waals surface area contributed by atoms with Crippen LogP contribution in [0.3, 0.4) is 0 Å². The van der Waals surface area contributed by atoms with Gasteiger partial charge in [0.25, 0.3) is 0 Å². The van der Waals surface area contributed by atoms with Crippen molar-refractivity contribution in [3.8, 4) is 0 Å². The van der Waals surface area contributed by atoms with E-state index in [1.807, 2.05) is 0 Å². The van der Waals surface area contributed by atoms with Crippen LogP contribution in [0.25, 0.3) is 0 Å². The SMILES string of the molecule is CC(CN1CCCC1)NCCCC(N)=NO. The van der Waals surface area contributed by atoms with E-state index in [1.165, 1.54) is 25.9 Å². The first-order valence-corrected chi connectivity index (χ1v) is 6.14. The fourth-order valence-corrected chi connectivity index (χ4v) is 2.09. The molecule has 0 aliphatic carbocycles. The topological polar surface area (TPSA) is 73.9 Å². The summed E-state index contributed by atoms with van der Waals surface area (Å²) in [4.78, 5) is 2.50. The van der Waals surface area contributed by atoms with Crippen LogP contribution in [0.4, 0.5) is 0 Å². The van der Waals surface area contributed by atoms with Gasteiger partial charge in [0.15, 0.2) is 0 Å². The lowest BCUT2D eigenvalue weighted by Gasteiger charge is -2.21. The zero-order valence-electron chi connectivity index (χ0n) is 10.2. The maximum absolute atomic E-state index is 8.37. The number of hydrogen-bond donors (Lipinski definition) is 3. The Morgan fingerprint density at radius 2 is 2.19 bits per heavy atom. The highest BCUT2D eigenvalue weighted by molar-refractivity contribution is 5.79. The normalized spacial score (nSPS) is 20.2. The second-order valence-corrected chi connectivity index (χ2v) is 4.56. The molecule has 0 saturated carbocycles. The minimum absolute atomic E-state index is 0.314. The van der Waals surface area contributed by atoms with Crippen molar-refractivity contribution in [2.45, 2.75) is 38.6 Å². The highest BCUT2D eigenvalue weighted by atomic mass is 16.4. The maximum Gasteiger partial charge on any atom is 0.139 e. The summed E-state index contributed by atoms with van der Waals surface area (Å²) in [6, 6.07) is 0.519. The Kier molecular flexibility index (Phi) is 6.18. The number of likely N-dealkylation sites (tertiary alicyclic amines) is 1. The summed E-state index contributed by atoms with van der Waals surface area (Å²) in [6.45, 7) is 6.75. The second-order valence-electron chi connectivity index (χ2n) is 4.56. The van der Waals surface area contributed by atoms with E-state index in [4.69, 9.17) is 10.9 Å². The zero-order chi connectivity index (χ0) is 11.8.